The molecule has 1 aromatic carbocycles. The maximum absolute atomic E-state index is 13.4. The van der Waals surface area contributed by atoms with Crippen molar-refractivity contribution < 1.29 is 13.2 Å². The second kappa shape index (κ2) is 7.78. The molecular formula is C21H21F3N6. The second-order valence-electron chi connectivity index (χ2n) is 7.25. The smallest absolute Gasteiger partial charge is 0.398 e. The molecule has 0 radical (unpaired) electrons. The zero-order valence-corrected chi connectivity index (χ0v) is 16.5. The first kappa shape index (κ1) is 21.3. The quantitative estimate of drug-likeness (QED) is 0.446. The number of nitriles is 1. The van der Waals surface area contributed by atoms with Gasteiger partial charge in [-0.25, -0.2) is 4.98 Å². The van der Waals surface area contributed by atoms with Crippen molar-refractivity contribution >= 4 is 33.6 Å². The molecule has 0 amide bonds. The first-order valence-corrected chi connectivity index (χ1v) is 9.33. The van der Waals surface area contributed by atoms with E-state index in [0.717, 1.165) is 11.8 Å². The van der Waals surface area contributed by atoms with E-state index in [2.05, 4.69) is 16.4 Å². The van der Waals surface area contributed by atoms with Gasteiger partial charge in [-0.05, 0) is 49.4 Å². The summed E-state index contributed by atoms with van der Waals surface area (Å²) in [6.45, 7) is 1.60. The van der Waals surface area contributed by atoms with Crippen molar-refractivity contribution in [2.75, 3.05) is 12.8 Å². The number of nitrogens with zero attached hydrogens (tertiary/aromatic N) is 2. The Bertz CT molecular complexity index is 1120. The summed E-state index contributed by atoms with van der Waals surface area (Å²) in [5.74, 6) is -0.364. The Kier molecular flexibility index (Phi) is 5.53. The lowest BCUT2D eigenvalue weighted by Crippen LogP contribution is -2.26. The first-order valence-electron chi connectivity index (χ1n) is 9.33. The summed E-state index contributed by atoms with van der Waals surface area (Å²) in [4.78, 5) is 4.48. The van der Waals surface area contributed by atoms with Crippen LogP contribution in [-0.4, -0.2) is 29.6 Å². The molecule has 0 aliphatic heterocycles. The van der Waals surface area contributed by atoms with Gasteiger partial charge in [-0.1, -0.05) is 0 Å². The molecule has 3 rings (SSSR count). The van der Waals surface area contributed by atoms with Gasteiger partial charge >= 0.3 is 6.18 Å². The largest absolute Gasteiger partial charge is 0.433 e. The number of benzene rings is 1. The number of pyridine rings is 1. The Labute approximate surface area is 171 Å². The molecule has 0 saturated heterocycles. The molecule has 9 heteroatoms. The Hall–Kier alpha value is -3.41. The number of hydrogen-bond donors (Lipinski definition) is 4. The molecule has 1 aliphatic rings. The fourth-order valence-electron chi connectivity index (χ4n) is 3.94. The summed E-state index contributed by atoms with van der Waals surface area (Å²) in [5, 5.41) is 28.5. The lowest BCUT2D eigenvalue weighted by Gasteiger charge is -2.26. The number of fused-ring (bicyclic) bond motifs is 3. The van der Waals surface area contributed by atoms with Crippen LogP contribution in [0.2, 0.25) is 0 Å². The highest BCUT2D eigenvalue weighted by Gasteiger charge is 2.39. The molecule has 0 fully saturated rings. The predicted molar refractivity (Wildman–Crippen MR) is 111 cm³/mol. The zero-order valence-electron chi connectivity index (χ0n) is 16.5. The van der Waals surface area contributed by atoms with E-state index in [4.69, 9.17) is 16.6 Å². The van der Waals surface area contributed by atoms with E-state index in [0.29, 0.717) is 40.6 Å². The van der Waals surface area contributed by atoms with Crippen LogP contribution >= 0.6 is 0 Å². The number of anilines is 1. The van der Waals surface area contributed by atoms with Gasteiger partial charge in [-0.3, -0.25) is 5.41 Å². The van der Waals surface area contributed by atoms with Crippen molar-refractivity contribution in [1.82, 2.24) is 10.3 Å². The lowest BCUT2D eigenvalue weighted by molar-refractivity contribution is -0.0578. The van der Waals surface area contributed by atoms with Crippen LogP contribution in [0.3, 0.4) is 0 Å². The third-order valence-corrected chi connectivity index (χ3v) is 5.25. The number of hydrogen-bond acceptors (Lipinski definition) is 6. The highest BCUT2D eigenvalue weighted by molar-refractivity contribution is 6.25. The standard InChI is InChI=1S/C21H21F3N6/c1-10(26)17-15(27)5-6-16-18(17)12-4-3-11(8-25)7-13(12)19(30-16)14(9-29-2)20(28)21(22,23)24/h5-6,9,11,26,28-29H,3-4,7,27H2,1-2H3/b14-9-,26-10?,28-20?. The molecule has 1 heterocycles. The van der Waals surface area contributed by atoms with Crippen molar-refractivity contribution in [3.8, 4) is 6.07 Å². The SMILES string of the molecule is CN/C=C(\C(=N)C(F)(F)F)c1nc2ccc(N)c(C(C)=N)c2c2c1CC(C#N)CC2. The molecular weight excluding hydrogens is 393 g/mol. The average molecular weight is 414 g/mol. The van der Waals surface area contributed by atoms with E-state index in [1.165, 1.54) is 7.05 Å². The number of nitrogens with one attached hydrogen (secondary N) is 3. The van der Waals surface area contributed by atoms with E-state index >= 15 is 0 Å². The highest BCUT2D eigenvalue weighted by Crippen LogP contribution is 2.39. The molecule has 5 N–H and O–H groups in total. The minimum absolute atomic E-state index is 0.0347. The van der Waals surface area contributed by atoms with E-state index in [1.54, 1.807) is 19.1 Å². The summed E-state index contributed by atoms with van der Waals surface area (Å²) in [6, 6.07) is 5.39. The van der Waals surface area contributed by atoms with Gasteiger partial charge in [-0.15, -0.1) is 0 Å². The fourth-order valence-corrected chi connectivity index (χ4v) is 3.94. The van der Waals surface area contributed by atoms with Crippen LogP contribution in [-0.2, 0) is 12.8 Å². The molecule has 1 atom stereocenters. The number of halogens is 3. The average Bonchev–Trinajstić information content (AvgIpc) is 2.69. The van der Waals surface area contributed by atoms with E-state index in [1.807, 2.05) is 0 Å². The normalized spacial score (nSPS) is 16.7. The molecule has 0 saturated carbocycles. The number of nitrogens with two attached hydrogens (primary N) is 1. The van der Waals surface area contributed by atoms with Crippen LogP contribution in [0.1, 0.15) is 35.7 Å². The molecule has 6 nitrogen and oxygen atoms in total. The third-order valence-electron chi connectivity index (χ3n) is 5.25. The summed E-state index contributed by atoms with van der Waals surface area (Å²) in [6.07, 6.45) is -2.51. The number of nitrogen functional groups attached to an aromatic ring is 1. The second-order valence-corrected chi connectivity index (χ2v) is 7.25. The fraction of sp³-hybridized carbons (Fsp3) is 0.333. The van der Waals surface area contributed by atoms with Crippen LogP contribution in [0.5, 0.6) is 0 Å². The van der Waals surface area contributed by atoms with Gasteiger partial charge in [0.1, 0.15) is 5.71 Å². The van der Waals surface area contributed by atoms with Gasteiger partial charge in [-0.2, -0.15) is 18.4 Å². The van der Waals surface area contributed by atoms with Gasteiger partial charge < -0.3 is 16.5 Å². The molecule has 156 valence electrons. The summed E-state index contributed by atoms with van der Waals surface area (Å²) >= 11 is 0. The van der Waals surface area contributed by atoms with E-state index in [9.17, 15) is 18.4 Å². The van der Waals surface area contributed by atoms with Gasteiger partial charge in [0, 0.05) is 41.2 Å². The number of rotatable bonds is 4. The van der Waals surface area contributed by atoms with Gasteiger partial charge in [0.25, 0.3) is 0 Å². The zero-order chi connectivity index (χ0) is 22.2. The monoisotopic (exact) mass is 414 g/mol. The minimum Gasteiger partial charge on any atom is -0.398 e. The Balaban J connectivity index is 2.43. The van der Waals surface area contributed by atoms with Gasteiger partial charge in [0.2, 0.25) is 0 Å². The molecule has 0 spiro atoms. The molecule has 1 aliphatic carbocycles. The predicted octanol–water partition coefficient (Wildman–Crippen LogP) is 3.98. The number of aromatic nitrogens is 1. The number of allylic oxidation sites excluding steroid dienone is 1. The van der Waals surface area contributed by atoms with Crippen molar-refractivity contribution in [1.29, 1.82) is 16.1 Å². The first-order chi connectivity index (χ1) is 14.1. The molecule has 1 aromatic heterocycles. The maximum Gasteiger partial charge on any atom is 0.433 e. The van der Waals surface area contributed by atoms with Crippen molar-refractivity contribution in [3.63, 3.8) is 0 Å². The van der Waals surface area contributed by atoms with Crippen molar-refractivity contribution in [3.05, 3.63) is 40.7 Å². The van der Waals surface area contributed by atoms with Crippen LogP contribution in [0.25, 0.3) is 16.5 Å². The lowest BCUT2D eigenvalue weighted by atomic mass is 9.79. The van der Waals surface area contributed by atoms with Crippen LogP contribution in [0, 0.1) is 28.1 Å². The van der Waals surface area contributed by atoms with Crippen LogP contribution in [0.15, 0.2) is 18.3 Å². The number of aryl methyl sites for hydroxylation is 1. The van der Waals surface area contributed by atoms with Gasteiger partial charge in [0.15, 0.2) is 0 Å². The molecule has 1 unspecified atom stereocenters. The molecule has 30 heavy (non-hydrogen) atoms. The maximum atomic E-state index is 13.4. The van der Waals surface area contributed by atoms with Gasteiger partial charge in [0.05, 0.1) is 23.2 Å². The Morgan fingerprint density at radius 3 is 2.60 bits per heavy atom. The van der Waals surface area contributed by atoms with Crippen LogP contribution < -0.4 is 11.1 Å². The van der Waals surface area contributed by atoms with Crippen molar-refractivity contribution in [2.45, 2.75) is 32.4 Å². The van der Waals surface area contributed by atoms with Crippen LogP contribution in [0.4, 0.5) is 18.9 Å². The van der Waals surface area contributed by atoms with E-state index in [-0.39, 0.29) is 29.3 Å². The Morgan fingerprint density at radius 2 is 2.03 bits per heavy atom. The topological polar surface area (TPSA) is 122 Å². The van der Waals surface area contributed by atoms with E-state index < -0.39 is 11.9 Å². The minimum atomic E-state index is -4.85. The molecule has 2 aromatic rings. The summed E-state index contributed by atoms with van der Waals surface area (Å²) < 4.78 is 40.2. The van der Waals surface area contributed by atoms with Crippen molar-refractivity contribution in [2.24, 2.45) is 5.92 Å². The number of alkyl halides is 3. The highest BCUT2D eigenvalue weighted by atomic mass is 19.4. The summed E-state index contributed by atoms with van der Waals surface area (Å²) in [5.41, 5.74) is 7.02. The Morgan fingerprint density at radius 1 is 1.33 bits per heavy atom. The molecule has 0 bridgehead atoms. The third kappa shape index (κ3) is 3.61. The summed E-state index contributed by atoms with van der Waals surface area (Å²) in [7, 11) is 1.45.